The van der Waals surface area contributed by atoms with Crippen LogP contribution >= 0.6 is 0 Å². The molecule has 2 fully saturated rings. The third-order valence-electron chi connectivity index (χ3n) is 4.58. The molecule has 0 aromatic carbocycles. The van der Waals surface area contributed by atoms with Gasteiger partial charge in [-0.15, -0.1) is 0 Å². The maximum Gasteiger partial charge on any atom is 0.329 e. The Hall–Kier alpha value is -1.06. The number of amides is 1. The van der Waals surface area contributed by atoms with Crippen LogP contribution in [-0.4, -0.2) is 33.5 Å². The highest BCUT2D eigenvalue weighted by Crippen LogP contribution is 2.42. The molecule has 0 aromatic heterocycles. The lowest BCUT2D eigenvalue weighted by atomic mass is 9.74. The molecule has 0 aromatic rings. The molecule has 4 nitrogen and oxygen atoms in total. The summed E-state index contributed by atoms with van der Waals surface area (Å²) in [5.41, 5.74) is -1.01. The van der Waals surface area contributed by atoms with Crippen LogP contribution in [0.4, 0.5) is 0 Å². The highest BCUT2D eigenvalue weighted by atomic mass is 16.4. The molecule has 2 saturated carbocycles. The molecule has 1 N–H and O–H groups in total. The standard InChI is InChI=1S/C14H23NO3/c1-10(16)15(12-8-9-12)14(2,13(17)18)11-6-4-3-5-7-11/h11-12H,3-9H2,1-2H3,(H,17,18). The van der Waals surface area contributed by atoms with Crippen LogP contribution in [0.3, 0.4) is 0 Å². The van der Waals surface area contributed by atoms with E-state index >= 15 is 0 Å². The Bertz CT molecular complexity index is 345. The molecule has 0 saturated heterocycles. The first-order valence-corrected chi connectivity index (χ1v) is 7.01. The van der Waals surface area contributed by atoms with Crippen molar-refractivity contribution < 1.29 is 14.7 Å². The molecule has 1 unspecified atom stereocenters. The average molecular weight is 253 g/mol. The van der Waals surface area contributed by atoms with Crippen LogP contribution in [0.1, 0.15) is 58.8 Å². The molecule has 0 aliphatic heterocycles. The van der Waals surface area contributed by atoms with Crippen molar-refractivity contribution in [2.24, 2.45) is 5.92 Å². The van der Waals surface area contributed by atoms with Crippen molar-refractivity contribution in [3.8, 4) is 0 Å². The number of carboxylic acids is 1. The minimum Gasteiger partial charge on any atom is -0.479 e. The van der Waals surface area contributed by atoms with Crippen molar-refractivity contribution in [2.45, 2.75) is 70.4 Å². The average Bonchev–Trinajstić information content (AvgIpc) is 3.13. The summed E-state index contributed by atoms with van der Waals surface area (Å²) in [6.45, 7) is 3.26. The molecule has 102 valence electrons. The highest BCUT2D eigenvalue weighted by Gasteiger charge is 2.52. The molecule has 1 atom stereocenters. The Morgan fingerprint density at radius 1 is 1.11 bits per heavy atom. The van der Waals surface area contributed by atoms with E-state index in [1.54, 1.807) is 11.8 Å². The van der Waals surface area contributed by atoms with Gasteiger partial charge in [0.05, 0.1) is 0 Å². The monoisotopic (exact) mass is 253 g/mol. The Morgan fingerprint density at radius 3 is 2.06 bits per heavy atom. The molecule has 0 radical (unpaired) electrons. The molecule has 1 amide bonds. The Labute approximate surface area is 108 Å². The van der Waals surface area contributed by atoms with Crippen molar-refractivity contribution in [1.29, 1.82) is 0 Å². The number of carboxylic acid groups (broad SMARTS) is 1. The molecule has 2 rings (SSSR count). The molecule has 0 heterocycles. The number of hydrogen-bond donors (Lipinski definition) is 1. The van der Waals surface area contributed by atoms with Crippen LogP contribution in [0.15, 0.2) is 0 Å². The fourth-order valence-electron chi connectivity index (χ4n) is 3.44. The number of rotatable bonds is 4. The van der Waals surface area contributed by atoms with E-state index < -0.39 is 11.5 Å². The van der Waals surface area contributed by atoms with Gasteiger partial charge in [-0.25, -0.2) is 4.79 Å². The summed E-state index contributed by atoms with van der Waals surface area (Å²) in [6, 6.07) is 0.158. The van der Waals surface area contributed by atoms with Crippen LogP contribution in [-0.2, 0) is 9.59 Å². The van der Waals surface area contributed by atoms with E-state index in [0.717, 1.165) is 38.5 Å². The predicted octanol–water partition coefficient (Wildman–Crippen LogP) is 2.42. The summed E-state index contributed by atoms with van der Waals surface area (Å²) in [4.78, 5) is 25.3. The van der Waals surface area contributed by atoms with Gasteiger partial charge in [0, 0.05) is 13.0 Å². The molecule has 2 aliphatic rings. The molecule has 2 aliphatic carbocycles. The SMILES string of the molecule is CC(=O)N(C1CC1)C(C)(C(=O)O)C1CCCCC1. The summed E-state index contributed by atoms with van der Waals surface area (Å²) in [6.07, 6.45) is 7.13. The first-order chi connectivity index (χ1) is 8.48. The van der Waals surface area contributed by atoms with Gasteiger partial charge in [-0.1, -0.05) is 19.3 Å². The minimum atomic E-state index is -1.01. The van der Waals surface area contributed by atoms with Crippen molar-refractivity contribution in [2.75, 3.05) is 0 Å². The topological polar surface area (TPSA) is 57.6 Å². The van der Waals surface area contributed by atoms with Crippen molar-refractivity contribution >= 4 is 11.9 Å². The van der Waals surface area contributed by atoms with E-state index in [2.05, 4.69) is 0 Å². The summed E-state index contributed by atoms with van der Waals surface area (Å²) in [5.74, 6) is -0.822. The molecule has 4 heteroatoms. The van der Waals surface area contributed by atoms with Gasteiger partial charge in [0.2, 0.25) is 5.91 Å². The zero-order valence-electron chi connectivity index (χ0n) is 11.3. The van der Waals surface area contributed by atoms with E-state index in [4.69, 9.17) is 0 Å². The molecule has 0 spiro atoms. The fourth-order valence-corrected chi connectivity index (χ4v) is 3.44. The number of carbonyl (C=O) groups excluding carboxylic acids is 1. The zero-order valence-corrected chi connectivity index (χ0v) is 11.3. The van der Waals surface area contributed by atoms with Crippen molar-refractivity contribution in [3.05, 3.63) is 0 Å². The van der Waals surface area contributed by atoms with Crippen LogP contribution in [0.2, 0.25) is 0 Å². The summed E-state index contributed by atoms with van der Waals surface area (Å²) < 4.78 is 0. The number of nitrogens with zero attached hydrogens (tertiary/aromatic N) is 1. The van der Waals surface area contributed by atoms with Gasteiger partial charge in [-0.2, -0.15) is 0 Å². The van der Waals surface area contributed by atoms with Gasteiger partial charge >= 0.3 is 5.97 Å². The second-order valence-electron chi connectivity index (χ2n) is 5.91. The smallest absolute Gasteiger partial charge is 0.329 e. The van der Waals surface area contributed by atoms with E-state index in [-0.39, 0.29) is 17.9 Å². The molecular formula is C14H23NO3. The van der Waals surface area contributed by atoms with E-state index in [1.807, 2.05) is 0 Å². The number of carbonyl (C=O) groups is 2. The third-order valence-corrected chi connectivity index (χ3v) is 4.58. The maximum absolute atomic E-state index is 11.9. The lowest BCUT2D eigenvalue weighted by Crippen LogP contribution is -2.60. The summed E-state index contributed by atoms with van der Waals surface area (Å²) in [7, 11) is 0. The first kappa shape index (κ1) is 13.4. The van der Waals surface area contributed by atoms with Crippen LogP contribution in [0.5, 0.6) is 0 Å². The second kappa shape index (κ2) is 4.90. The van der Waals surface area contributed by atoms with E-state index in [0.29, 0.717) is 0 Å². The van der Waals surface area contributed by atoms with Crippen LogP contribution in [0, 0.1) is 5.92 Å². The minimum absolute atomic E-state index is 0.0898. The summed E-state index contributed by atoms with van der Waals surface area (Å²) in [5, 5.41) is 9.69. The van der Waals surface area contributed by atoms with Gasteiger partial charge in [0.15, 0.2) is 0 Å². The highest BCUT2D eigenvalue weighted by molar-refractivity contribution is 5.86. The zero-order chi connectivity index (χ0) is 13.3. The van der Waals surface area contributed by atoms with Crippen LogP contribution in [0.25, 0.3) is 0 Å². The van der Waals surface area contributed by atoms with Crippen molar-refractivity contribution in [1.82, 2.24) is 4.90 Å². The lowest BCUT2D eigenvalue weighted by Gasteiger charge is -2.44. The largest absolute Gasteiger partial charge is 0.479 e. The predicted molar refractivity (Wildman–Crippen MR) is 68.2 cm³/mol. The second-order valence-corrected chi connectivity index (χ2v) is 5.91. The fraction of sp³-hybridized carbons (Fsp3) is 0.857. The van der Waals surface area contributed by atoms with Crippen LogP contribution < -0.4 is 0 Å². The molecular weight excluding hydrogens is 230 g/mol. The quantitative estimate of drug-likeness (QED) is 0.837. The molecule has 18 heavy (non-hydrogen) atoms. The van der Waals surface area contributed by atoms with Gasteiger partial charge in [0.25, 0.3) is 0 Å². The van der Waals surface area contributed by atoms with E-state index in [1.165, 1.54) is 13.3 Å². The van der Waals surface area contributed by atoms with Gasteiger partial charge in [0.1, 0.15) is 5.54 Å². The lowest BCUT2D eigenvalue weighted by molar-refractivity contribution is -0.163. The van der Waals surface area contributed by atoms with Gasteiger partial charge in [-0.05, 0) is 38.5 Å². The first-order valence-electron chi connectivity index (χ1n) is 7.01. The van der Waals surface area contributed by atoms with Crippen molar-refractivity contribution in [3.63, 3.8) is 0 Å². The van der Waals surface area contributed by atoms with Gasteiger partial charge < -0.3 is 10.0 Å². The number of hydrogen-bond acceptors (Lipinski definition) is 2. The normalized spacial score (nSPS) is 24.3. The third kappa shape index (κ3) is 2.25. The Kier molecular flexibility index (Phi) is 3.64. The van der Waals surface area contributed by atoms with Gasteiger partial charge in [-0.3, -0.25) is 4.79 Å². The maximum atomic E-state index is 11.9. The Morgan fingerprint density at radius 2 is 1.67 bits per heavy atom. The van der Waals surface area contributed by atoms with E-state index in [9.17, 15) is 14.7 Å². The molecule has 0 bridgehead atoms. The Balaban J connectivity index is 2.28. The number of aliphatic carboxylic acids is 1. The summed E-state index contributed by atoms with van der Waals surface area (Å²) >= 11 is 0.